The van der Waals surface area contributed by atoms with Crippen molar-refractivity contribution in [3.63, 3.8) is 0 Å². The van der Waals surface area contributed by atoms with E-state index in [0.29, 0.717) is 0 Å². The second kappa shape index (κ2) is 14.8. The number of aliphatic hydroxyl groups excluding tert-OH is 1. The topological polar surface area (TPSA) is 152 Å². The van der Waals surface area contributed by atoms with E-state index in [1.165, 1.54) is 28.3 Å². The first-order valence-corrected chi connectivity index (χ1v) is 13.7. The van der Waals surface area contributed by atoms with Gasteiger partial charge in [-0.2, -0.15) is 0 Å². The lowest BCUT2D eigenvalue weighted by molar-refractivity contribution is -0.388. The maximum atomic E-state index is 11.9. The van der Waals surface area contributed by atoms with E-state index in [2.05, 4.69) is 0 Å². The zero-order valence-electron chi connectivity index (χ0n) is 24.1. The molecular formula is C30H40O12. The standard InChI is InChI=1S/C30H40O12/c1-30(34)27(39-16-19-13-9-6-10-14-19)25(38-15-18-11-7-5-8-12-18)22(20(42-30)17-35-2)40-29-26(37-4)23(36-3)21(31)24(41-29)28(32)33/h5-14,20-27,29,31,34H,15-17H2,1-4H3,(H,32,33)/t20-,21+,22-,23+,24+,25+,26-,27-,29-,30-/m1/s1. The molecule has 2 saturated heterocycles. The summed E-state index contributed by atoms with van der Waals surface area (Å²) in [6.45, 7) is 1.74. The van der Waals surface area contributed by atoms with E-state index in [9.17, 15) is 20.1 Å². The van der Waals surface area contributed by atoms with Crippen LogP contribution in [0.3, 0.4) is 0 Å². The summed E-state index contributed by atoms with van der Waals surface area (Å²) >= 11 is 0. The zero-order chi connectivity index (χ0) is 30.3. The molecule has 0 aliphatic carbocycles. The van der Waals surface area contributed by atoms with Crippen molar-refractivity contribution in [3.05, 3.63) is 71.8 Å². The number of benzene rings is 2. The Labute approximate surface area is 244 Å². The molecule has 10 atom stereocenters. The molecule has 0 spiro atoms. The molecule has 0 saturated carbocycles. The van der Waals surface area contributed by atoms with E-state index in [1.807, 2.05) is 60.7 Å². The minimum Gasteiger partial charge on any atom is -0.479 e. The molecule has 2 aromatic carbocycles. The van der Waals surface area contributed by atoms with Crippen LogP contribution in [0.1, 0.15) is 18.1 Å². The Hall–Kier alpha value is -2.49. The SMILES string of the molecule is COC[C@H]1O[C@@](C)(O)[C@H](OCc2ccccc2)[C@@H](OCc2ccccc2)[C@@H]1O[C@@H]1O[C@H](C(=O)O)[C@@H](O)[C@H](OC)[C@H]1OC. The van der Waals surface area contributed by atoms with Gasteiger partial charge in [-0.25, -0.2) is 4.79 Å². The van der Waals surface area contributed by atoms with E-state index in [0.717, 1.165) is 11.1 Å². The van der Waals surface area contributed by atoms with Crippen molar-refractivity contribution in [2.75, 3.05) is 27.9 Å². The first kappa shape index (κ1) is 32.4. The molecule has 12 nitrogen and oxygen atoms in total. The highest BCUT2D eigenvalue weighted by Gasteiger charge is 2.57. The number of hydrogen-bond acceptors (Lipinski definition) is 11. The third kappa shape index (κ3) is 7.53. The molecule has 0 unspecified atom stereocenters. The molecule has 0 aromatic heterocycles. The first-order chi connectivity index (χ1) is 20.2. The van der Waals surface area contributed by atoms with Gasteiger partial charge in [-0.1, -0.05) is 60.7 Å². The number of hydrogen-bond donors (Lipinski definition) is 3. The average molecular weight is 593 g/mol. The van der Waals surface area contributed by atoms with Crippen LogP contribution < -0.4 is 0 Å². The molecule has 2 fully saturated rings. The Kier molecular flexibility index (Phi) is 11.4. The summed E-state index contributed by atoms with van der Waals surface area (Å²) < 4.78 is 47.2. The fourth-order valence-corrected chi connectivity index (χ4v) is 5.36. The lowest BCUT2D eigenvalue weighted by atomic mass is 9.92. The highest BCUT2D eigenvalue weighted by molar-refractivity contribution is 5.73. The van der Waals surface area contributed by atoms with Crippen molar-refractivity contribution >= 4 is 5.97 Å². The van der Waals surface area contributed by atoms with Crippen molar-refractivity contribution in [2.24, 2.45) is 0 Å². The molecule has 2 aromatic rings. The number of aliphatic hydroxyl groups is 2. The van der Waals surface area contributed by atoms with Crippen LogP contribution in [-0.4, -0.2) is 110 Å². The summed E-state index contributed by atoms with van der Waals surface area (Å²) in [7, 11) is 4.17. The highest BCUT2D eigenvalue weighted by atomic mass is 16.7. The first-order valence-electron chi connectivity index (χ1n) is 13.7. The molecule has 2 aliphatic rings. The van der Waals surface area contributed by atoms with Crippen molar-refractivity contribution < 1.29 is 58.0 Å². The molecule has 3 N–H and O–H groups in total. The van der Waals surface area contributed by atoms with Crippen LogP contribution >= 0.6 is 0 Å². The monoisotopic (exact) mass is 592 g/mol. The molecule has 4 rings (SSSR count). The van der Waals surface area contributed by atoms with Gasteiger partial charge < -0.3 is 53.2 Å². The maximum absolute atomic E-state index is 11.9. The second-order valence-corrected chi connectivity index (χ2v) is 10.4. The van der Waals surface area contributed by atoms with Crippen LogP contribution in [0.25, 0.3) is 0 Å². The molecule has 0 amide bonds. The van der Waals surface area contributed by atoms with E-state index in [4.69, 9.17) is 37.9 Å². The van der Waals surface area contributed by atoms with Gasteiger partial charge in [-0.05, 0) is 18.1 Å². The minimum atomic E-state index is -1.83. The van der Waals surface area contributed by atoms with E-state index < -0.39 is 66.9 Å². The van der Waals surface area contributed by atoms with Gasteiger partial charge in [0.15, 0.2) is 18.2 Å². The molecule has 2 heterocycles. The Bertz CT molecular complexity index is 1100. The van der Waals surface area contributed by atoms with Gasteiger partial charge in [0.2, 0.25) is 0 Å². The summed E-state index contributed by atoms with van der Waals surface area (Å²) in [5.41, 5.74) is 1.73. The Balaban J connectivity index is 1.69. The van der Waals surface area contributed by atoms with Gasteiger partial charge in [-0.15, -0.1) is 0 Å². The van der Waals surface area contributed by atoms with Gasteiger partial charge in [0.1, 0.15) is 42.7 Å². The second-order valence-electron chi connectivity index (χ2n) is 10.4. The lowest BCUT2D eigenvalue weighted by Crippen LogP contribution is -2.68. The molecule has 0 bridgehead atoms. The average Bonchev–Trinajstić information content (AvgIpc) is 2.98. The fourth-order valence-electron chi connectivity index (χ4n) is 5.36. The van der Waals surface area contributed by atoms with Gasteiger partial charge in [-0.3, -0.25) is 0 Å². The number of carbonyl (C=O) groups is 1. The third-order valence-electron chi connectivity index (χ3n) is 7.39. The quantitative estimate of drug-likeness (QED) is 0.309. The van der Waals surface area contributed by atoms with Crippen LogP contribution in [-0.2, 0) is 55.9 Å². The predicted octanol–water partition coefficient (Wildman–Crippen LogP) is 1.50. The van der Waals surface area contributed by atoms with E-state index >= 15 is 0 Å². The molecule has 12 heteroatoms. The van der Waals surface area contributed by atoms with Crippen molar-refractivity contribution in [2.45, 2.75) is 81.0 Å². The number of ether oxygens (including phenoxy) is 8. The van der Waals surface area contributed by atoms with E-state index in [-0.39, 0.29) is 19.8 Å². The summed E-state index contributed by atoms with van der Waals surface area (Å²) in [5.74, 6) is -3.23. The molecule has 2 aliphatic heterocycles. The summed E-state index contributed by atoms with van der Waals surface area (Å²) in [6, 6.07) is 18.9. The number of rotatable bonds is 13. The van der Waals surface area contributed by atoms with Crippen molar-refractivity contribution in [1.29, 1.82) is 0 Å². The maximum Gasteiger partial charge on any atom is 0.335 e. The van der Waals surface area contributed by atoms with Crippen molar-refractivity contribution in [1.82, 2.24) is 0 Å². The van der Waals surface area contributed by atoms with Gasteiger partial charge in [0.25, 0.3) is 0 Å². The molecule has 232 valence electrons. The predicted molar refractivity (Wildman–Crippen MR) is 146 cm³/mol. The smallest absolute Gasteiger partial charge is 0.335 e. The highest BCUT2D eigenvalue weighted by Crippen LogP contribution is 2.37. The van der Waals surface area contributed by atoms with E-state index in [1.54, 1.807) is 0 Å². The normalized spacial score (nSPS) is 35.1. The van der Waals surface area contributed by atoms with Crippen LogP contribution in [0.2, 0.25) is 0 Å². The van der Waals surface area contributed by atoms with Crippen molar-refractivity contribution in [3.8, 4) is 0 Å². The summed E-state index contributed by atoms with van der Waals surface area (Å²) in [5, 5.41) is 31.9. The number of aliphatic carboxylic acids is 1. The van der Waals surface area contributed by atoms with Gasteiger partial charge in [0, 0.05) is 21.3 Å². The number of carboxylic acids is 1. The Morgan fingerprint density at radius 1 is 0.857 bits per heavy atom. The summed E-state index contributed by atoms with van der Waals surface area (Å²) in [6.07, 6.45) is -10.6. The van der Waals surface area contributed by atoms with Gasteiger partial charge >= 0.3 is 5.97 Å². The fraction of sp³-hybridized carbons (Fsp3) is 0.567. The number of methoxy groups -OCH3 is 3. The zero-order valence-corrected chi connectivity index (χ0v) is 24.1. The largest absolute Gasteiger partial charge is 0.479 e. The number of carboxylic acid groups (broad SMARTS) is 1. The molecular weight excluding hydrogens is 552 g/mol. The minimum absolute atomic E-state index is 0.0134. The third-order valence-corrected chi connectivity index (χ3v) is 7.39. The Morgan fingerprint density at radius 3 is 1.95 bits per heavy atom. The summed E-state index contributed by atoms with van der Waals surface area (Å²) in [4.78, 5) is 11.9. The Morgan fingerprint density at radius 2 is 1.43 bits per heavy atom. The molecule has 0 radical (unpaired) electrons. The van der Waals surface area contributed by atoms with Crippen LogP contribution in [0.15, 0.2) is 60.7 Å². The van der Waals surface area contributed by atoms with Gasteiger partial charge in [0.05, 0.1) is 19.8 Å². The molecule has 42 heavy (non-hydrogen) atoms. The lowest BCUT2D eigenvalue weighted by Gasteiger charge is -2.51. The van der Waals surface area contributed by atoms with Crippen LogP contribution in [0, 0.1) is 0 Å². The van der Waals surface area contributed by atoms with Crippen LogP contribution in [0.5, 0.6) is 0 Å². The van der Waals surface area contributed by atoms with Crippen LogP contribution in [0.4, 0.5) is 0 Å².